The molecule has 0 saturated heterocycles. The molecule has 146 valence electrons. The molecule has 28 heavy (non-hydrogen) atoms. The molecule has 7 nitrogen and oxygen atoms in total. The zero-order chi connectivity index (χ0) is 19.5. The molecule has 0 bridgehead atoms. The van der Waals surface area contributed by atoms with Crippen LogP contribution in [0.4, 0.5) is 5.69 Å². The second kappa shape index (κ2) is 8.02. The maximum Gasteiger partial charge on any atom is 0.262 e. The van der Waals surface area contributed by atoms with Crippen molar-refractivity contribution < 1.29 is 13.9 Å². The number of nitrogens with zero attached hydrogens (tertiary/aromatic N) is 3. The largest absolute Gasteiger partial charge is 0.477 e. The standard InChI is InChI=1S/C20H22N4O3S/c1-3-10-21-18(25)16-12-24(14-7-4-5-8-15(14)26-16)13(2)19-22-23-20(27-19)17-9-6-11-28-17/h4-9,11,13,16H,3,10,12H2,1-2H3,(H,21,25)/t13-,16-/m0/s1. The van der Waals surface area contributed by atoms with E-state index in [4.69, 9.17) is 9.15 Å². The molecule has 1 aliphatic rings. The third-order valence-corrected chi connectivity index (χ3v) is 5.50. The average Bonchev–Trinajstić information content (AvgIpc) is 3.42. The van der Waals surface area contributed by atoms with Crippen LogP contribution in [0.5, 0.6) is 5.75 Å². The Hall–Kier alpha value is -2.87. The number of para-hydroxylation sites is 2. The maximum absolute atomic E-state index is 12.5. The molecule has 3 aromatic rings. The van der Waals surface area contributed by atoms with Gasteiger partial charge >= 0.3 is 0 Å². The molecule has 8 heteroatoms. The van der Waals surface area contributed by atoms with Crippen LogP contribution in [0.15, 0.2) is 46.2 Å². The van der Waals surface area contributed by atoms with Crippen LogP contribution in [0, 0.1) is 0 Å². The lowest BCUT2D eigenvalue weighted by Crippen LogP contribution is -2.49. The molecule has 0 saturated carbocycles. The number of rotatable bonds is 6. The van der Waals surface area contributed by atoms with E-state index in [-0.39, 0.29) is 11.9 Å². The topological polar surface area (TPSA) is 80.5 Å². The molecule has 1 amide bonds. The lowest BCUT2D eigenvalue weighted by molar-refractivity contribution is -0.127. The first-order valence-electron chi connectivity index (χ1n) is 9.34. The van der Waals surface area contributed by atoms with E-state index in [1.165, 1.54) is 0 Å². The van der Waals surface area contributed by atoms with E-state index in [0.29, 0.717) is 30.6 Å². The summed E-state index contributed by atoms with van der Waals surface area (Å²) in [5.41, 5.74) is 0.908. The van der Waals surface area contributed by atoms with Crippen LogP contribution in [0.2, 0.25) is 0 Å². The molecule has 0 aliphatic carbocycles. The first-order chi connectivity index (χ1) is 13.7. The number of hydrogen-bond donors (Lipinski definition) is 1. The predicted molar refractivity (Wildman–Crippen MR) is 108 cm³/mol. The summed E-state index contributed by atoms with van der Waals surface area (Å²) >= 11 is 1.55. The molecule has 4 rings (SSSR count). The summed E-state index contributed by atoms with van der Waals surface area (Å²) in [5.74, 6) is 1.58. The molecule has 1 aromatic carbocycles. The van der Waals surface area contributed by atoms with Gasteiger partial charge in [-0.1, -0.05) is 25.1 Å². The Morgan fingerprint density at radius 1 is 1.32 bits per heavy atom. The van der Waals surface area contributed by atoms with Crippen LogP contribution in [0.25, 0.3) is 10.8 Å². The number of thiophene rings is 1. The molecule has 2 atom stereocenters. The molecular formula is C20H22N4O3S. The monoisotopic (exact) mass is 398 g/mol. The number of hydrogen-bond acceptors (Lipinski definition) is 7. The third-order valence-electron chi connectivity index (χ3n) is 4.65. The van der Waals surface area contributed by atoms with Gasteiger partial charge in [-0.3, -0.25) is 4.79 Å². The van der Waals surface area contributed by atoms with E-state index < -0.39 is 6.10 Å². The first-order valence-corrected chi connectivity index (χ1v) is 10.2. The smallest absolute Gasteiger partial charge is 0.262 e. The fourth-order valence-electron chi connectivity index (χ4n) is 3.16. The van der Waals surface area contributed by atoms with E-state index in [1.54, 1.807) is 11.3 Å². The van der Waals surface area contributed by atoms with Gasteiger partial charge in [-0.15, -0.1) is 21.5 Å². The Kier molecular flexibility index (Phi) is 5.29. The van der Waals surface area contributed by atoms with Crippen LogP contribution in [0.1, 0.15) is 32.2 Å². The fraction of sp³-hybridized carbons (Fsp3) is 0.350. The number of anilines is 1. The first kappa shape index (κ1) is 18.5. The van der Waals surface area contributed by atoms with Gasteiger partial charge in [0.05, 0.1) is 17.1 Å². The highest BCUT2D eigenvalue weighted by Crippen LogP contribution is 2.38. The molecule has 2 aromatic heterocycles. The van der Waals surface area contributed by atoms with Gasteiger partial charge in [0, 0.05) is 6.54 Å². The van der Waals surface area contributed by atoms with Crippen molar-refractivity contribution in [2.75, 3.05) is 18.0 Å². The molecule has 0 spiro atoms. The quantitative estimate of drug-likeness (QED) is 0.683. The average molecular weight is 398 g/mol. The highest BCUT2D eigenvalue weighted by Gasteiger charge is 2.34. The normalized spacial score (nSPS) is 16.9. The minimum absolute atomic E-state index is 0.113. The minimum Gasteiger partial charge on any atom is -0.477 e. The Morgan fingerprint density at radius 2 is 2.18 bits per heavy atom. The van der Waals surface area contributed by atoms with Gasteiger partial charge in [0.25, 0.3) is 11.8 Å². The number of carbonyl (C=O) groups is 1. The molecule has 3 heterocycles. The molecule has 1 N–H and O–H groups in total. The Labute approximate surface area is 167 Å². The van der Waals surface area contributed by atoms with E-state index >= 15 is 0 Å². The van der Waals surface area contributed by atoms with Crippen molar-refractivity contribution >= 4 is 22.9 Å². The Balaban J connectivity index is 1.60. The Morgan fingerprint density at radius 3 is 2.96 bits per heavy atom. The maximum atomic E-state index is 12.5. The lowest BCUT2D eigenvalue weighted by Gasteiger charge is -2.38. The number of amides is 1. The van der Waals surface area contributed by atoms with Crippen molar-refractivity contribution in [3.05, 3.63) is 47.7 Å². The van der Waals surface area contributed by atoms with Gasteiger partial charge < -0.3 is 19.4 Å². The lowest BCUT2D eigenvalue weighted by atomic mass is 10.1. The van der Waals surface area contributed by atoms with Gasteiger partial charge in [0.15, 0.2) is 6.10 Å². The van der Waals surface area contributed by atoms with Crippen molar-refractivity contribution in [3.8, 4) is 16.5 Å². The number of benzene rings is 1. The zero-order valence-electron chi connectivity index (χ0n) is 15.8. The van der Waals surface area contributed by atoms with Gasteiger partial charge in [-0.05, 0) is 36.9 Å². The van der Waals surface area contributed by atoms with Gasteiger partial charge in [-0.25, -0.2) is 0 Å². The van der Waals surface area contributed by atoms with Crippen LogP contribution in [-0.4, -0.2) is 35.3 Å². The van der Waals surface area contributed by atoms with Crippen molar-refractivity contribution in [2.45, 2.75) is 32.4 Å². The highest BCUT2D eigenvalue weighted by atomic mass is 32.1. The van der Waals surface area contributed by atoms with Crippen molar-refractivity contribution in [2.24, 2.45) is 0 Å². The molecule has 0 radical (unpaired) electrons. The van der Waals surface area contributed by atoms with Crippen LogP contribution >= 0.6 is 11.3 Å². The molecule has 1 aliphatic heterocycles. The van der Waals surface area contributed by atoms with Crippen LogP contribution in [0.3, 0.4) is 0 Å². The molecule has 0 unspecified atom stereocenters. The molecular weight excluding hydrogens is 376 g/mol. The summed E-state index contributed by atoms with van der Waals surface area (Å²) in [7, 11) is 0. The minimum atomic E-state index is -0.594. The van der Waals surface area contributed by atoms with Gasteiger partial charge in [-0.2, -0.15) is 0 Å². The van der Waals surface area contributed by atoms with Crippen LogP contribution < -0.4 is 15.0 Å². The van der Waals surface area contributed by atoms with Crippen LogP contribution in [-0.2, 0) is 4.79 Å². The second-order valence-corrected chi connectivity index (χ2v) is 7.56. The fourth-order valence-corrected chi connectivity index (χ4v) is 3.81. The van der Waals surface area contributed by atoms with E-state index in [2.05, 4.69) is 20.4 Å². The summed E-state index contributed by atoms with van der Waals surface area (Å²) in [4.78, 5) is 15.5. The third kappa shape index (κ3) is 3.60. The van der Waals surface area contributed by atoms with E-state index in [9.17, 15) is 4.79 Å². The summed E-state index contributed by atoms with van der Waals surface area (Å²) < 4.78 is 11.9. The number of nitrogens with one attached hydrogen (secondary N) is 1. The number of fused-ring (bicyclic) bond motifs is 1. The summed E-state index contributed by atoms with van der Waals surface area (Å²) in [6.07, 6.45) is 0.284. The number of ether oxygens (including phenoxy) is 1. The summed E-state index contributed by atoms with van der Waals surface area (Å²) in [6.45, 7) is 5.05. The number of aromatic nitrogens is 2. The molecule has 0 fully saturated rings. The second-order valence-electron chi connectivity index (χ2n) is 6.62. The SMILES string of the molecule is CCCNC(=O)[C@@H]1CN([C@@H](C)c2nnc(-c3cccs3)o2)c2ccccc2O1. The summed E-state index contributed by atoms with van der Waals surface area (Å²) in [6, 6.07) is 11.4. The highest BCUT2D eigenvalue weighted by molar-refractivity contribution is 7.13. The number of carbonyl (C=O) groups excluding carboxylic acids is 1. The van der Waals surface area contributed by atoms with E-state index in [1.807, 2.05) is 55.6 Å². The van der Waals surface area contributed by atoms with Gasteiger partial charge in [0.2, 0.25) is 5.89 Å². The Bertz CT molecular complexity index is 941. The van der Waals surface area contributed by atoms with E-state index in [0.717, 1.165) is 17.0 Å². The van der Waals surface area contributed by atoms with Gasteiger partial charge in [0.1, 0.15) is 11.8 Å². The van der Waals surface area contributed by atoms with Crippen molar-refractivity contribution in [3.63, 3.8) is 0 Å². The summed E-state index contributed by atoms with van der Waals surface area (Å²) in [5, 5.41) is 13.3. The zero-order valence-corrected chi connectivity index (χ0v) is 16.6. The predicted octanol–water partition coefficient (Wildman–Crippen LogP) is 3.65. The van der Waals surface area contributed by atoms with Crippen molar-refractivity contribution in [1.82, 2.24) is 15.5 Å². The van der Waals surface area contributed by atoms with Crippen molar-refractivity contribution in [1.29, 1.82) is 0 Å².